The van der Waals surface area contributed by atoms with E-state index in [0.29, 0.717) is 37.5 Å². The highest BCUT2D eigenvalue weighted by atomic mass is 35.5. The van der Waals surface area contributed by atoms with Crippen molar-refractivity contribution in [2.45, 2.75) is 17.7 Å². The van der Waals surface area contributed by atoms with Crippen LogP contribution >= 0.6 is 23.2 Å². The lowest BCUT2D eigenvalue weighted by Gasteiger charge is -2.37. The molecule has 0 radical (unpaired) electrons. The number of likely N-dealkylation sites (N-methyl/N-ethyl adjacent to an activating group) is 1. The first-order valence-corrected chi connectivity index (χ1v) is 10.9. The molecule has 2 fully saturated rings. The molecule has 1 amide bonds. The first-order valence-electron chi connectivity index (χ1n) is 8.71. The van der Waals surface area contributed by atoms with E-state index >= 15 is 0 Å². The zero-order chi connectivity index (χ0) is 18.9. The fourth-order valence-electron chi connectivity index (χ4n) is 3.46. The number of sulfonamides is 1. The molecule has 2 aliphatic rings. The molecule has 2 aliphatic heterocycles. The zero-order valence-corrected chi connectivity index (χ0v) is 17.0. The summed E-state index contributed by atoms with van der Waals surface area (Å²) in [6.45, 7) is 3.66. The van der Waals surface area contributed by atoms with Gasteiger partial charge in [0.15, 0.2) is 0 Å². The number of amides is 1. The normalized spacial score (nSPS) is 23.2. The second-order valence-electron chi connectivity index (χ2n) is 6.91. The second kappa shape index (κ2) is 8.02. The first-order chi connectivity index (χ1) is 12.3. The molecule has 1 atom stereocenters. The topological polar surface area (TPSA) is 60.9 Å². The first kappa shape index (κ1) is 19.9. The third-order valence-corrected chi connectivity index (χ3v) is 7.64. The molecule has 6 nitrogen and oxygen atoms in total. The van der Waals surface area contributed by atoms with Crippen LogP contribution in [0.1, 0.15) is 12.8 Å². The van der Waals surface area contributed by atoms with Gasteiger partial charge in [0.05, 0.1) is 10.9 Å². The molecule has 0 saturated carbocycles. The molecule has 0 aliphatic carbocycles. The number of halogens is 2. The van der Waals surface area contributed by atoms with E-state index in [0.717, 1.165) is 13.1 Å². The van der Waals surface area contributed by atoms with Gasteiger partial charge < -0.3 is 9.80 Å². The molecule has 0 N–H and O–H groups in total. The van der Waals surface area contributed by atoms with Gasteiger partial charge in [-0.3, -0.25) is 4.79 Å². The predicted molar refractivity (Wildman–Crippen MR) is 102 cm³/mol. The monoisotopic (exact) mass is 419 g/mol. The zero-order valence-electron chi connectivity index (χ0n) is 14.7. The molecular weight excluding hydrogens is 397 g/mol. The van der Waals surface area contributed by atoms with Crippen LogP contribution in [-0.2, 0) is 14.8 Å². The molecule has 9 heteroatoms. The minimum Gasteiger partial charge on any atom is -0.340 e. The van der Waals surface area contributed by atoms with Crippen LogP contribution in [0.4, 0.5) is 0 Å². The number of hydrogen-bond donors (Lipinski definition) is 0. The summed E-state index contributed by atoms with van der Waals surface area (Å²) < 4.78 is 27.4. The van der Waals surface area contributed by atoms with Crippen molar-refractivity contribution in [1.82, 2.24) is 14.1 Å². The lowest BCUT2D eigenvalue weighted by molar-refractivity contribution is -0.138. The van der Waals surface area contributed by atoms with E-state index in [1.165, 1.54) is 16.4 Å². The van der Waals surface area contributed by atoms with Crippen molar-refractivity contribution >= 4 is 39.1 Å². The Morgan fingerprint density at radius 1 is 1.12 bits per heavy atom. The molecule has 1 aromatic rings. The number of piperazine rings is 1. The van der Waals surface area contributed by atoms with Gasteiger partial charge in [0.1, 0.15) is 4.90 Å². The van der Waals surface area contributed by atoms with Gasteiger partial charge in [0.25, 0.3) is 0 Å². The Morgan fingerprint density at radius 3 is 2.50 bits per heavy atom. The fourth-order valence-corrected chi connectivity index (χ4v) is 5.72. The van der Waals surface area contributed by atoms with Crippen molar-refractivity contribution in [3.63, 3.8) is 0 Å². The number of rotatable bonds is 3. The van der Waals surface area contributed by atoms with Crippen LogP contribution in [0.5, 0.6) is 0 Å². The van der Waals surface area contributed by atoms with Crippen LogP contribution < -0.4 is 0 Å². The number of benzene rings is 1. The number of nitrogens with zero attached hydrogens (tertiary/aromatic N) is 3. The summed E-state index contributed by atoms with van der Waals surface area (Å²) in [6.07, 6.45) is 1.36. The second-order valence-corrected chi connectivity index (χ2v) is 9.66. The van der Waals surface area contributed by atoms with Crippen molar-refractivity contribution < 1.29 is 13.2 Å². The number of piperidine rings is 1. The summed E-state index contributed by atoms with van der Waals surface area (Å²) in [5.41, 5.74) is 0. The van der Waals surface area contributed by atoms with E-state index in [2.05, 4.69) is 4.90 Å². The Hall–Kier alpha value is -0.860. The maximum absolute atomic E-state index is 13.0. The maximum Gasteiger partial charge on any atom is 0.244 e. The standard InChI is InChI=1S/C17H23Cl2N3O3S/c1-20-7-9-21(10-8-20)17(23)13-3-2-6-22(12-13)26(24,25)16-11-14(18)4-5-15(16)19/h4-5,11,13H,2-3,6-10,12H2,1H3/t13-/m0/s1. The molecule has 0 spiro atoms. The van der Waals surface area contributed by atoms with E-state index in [-0.39, 0.29) is 28.3 Å². The Balaban J connectivity index is 1.75. The molecular formula is C17H23Cl2N3O3S. The van der Waals surface area contributed by atoms with Crippen LogP contribution in [0.25, 0.3) is 0 Å². The smallest absolute Gasteiger partial charge is 0.244 e. The van der Waals surface area contributed by atoms with E-state index in [9.17, 15) is 13.2 Å². The van der Waals surface area contributed by atoms with Gasteiger partial charge in [-0.05, 0) is 38.1 Å². The largest absolute Gasteiger partial charge is 0.340 e. The highest BCUT2D eigenvalue weighted by molar-refractivity contribution is 7.89. The lowest BCUT2D eigenvalue weighted by Crippen LogP contribution is -2.52. The van der Waals surface area contributed by atoms with Crippen molar-refractivity contribution in [3.8, 4) is 0 Å². The summed E-state index contributed by atoms with van der Waals surface area (Å²) in [5.74, 6) is -0.255. The minimum absolute atomic E-state index is 0.000590. The van der Waals surface area contributed by atoms with Gasteiger partial charge in [-0.15, -0.1) is 0 Å². The number of carbonyl (C=O) groups excluding carboxylic acids is 1. The molecule has 144 valence electrons. The quantitative estimate of drug-likeness (QED) is 0.752. The molecule has 0 bridgehead atoms. The number of hydrogen-bond acceptors (Lipinski definition) is 4. The van der Waals surface area contributed by atoms with Crippen molar-refractivity contribution in [2.24, 2.45) is 5.92 Å². The summed E-state index contributed by atoms with van der Waals surface area (Å²) in [5, 5.41) is 0.456. The van der Waals surface area contributed by atoms with Gasteiger partial charge in [0.2, 0.25) is 15.9 Å². The van der Waals surface area contributed by atoms with E-state index in [1.807, 2.05) is 11.9 Å². The van der Waals surface area contributed by atoms with Crippen LogP contribution in [0.2, 0.25) is 10.0 Å². The average molecular weight is 420 g/mol. The Morgan fingerprint density at radius 2 is 1.81 bits per heavy atom. The Bertz CT molecular complexity index is 779. The van der Waals surface area contributed by atoms with Crippen LogP contribution in [0.15, 0.2) is 23.1 Å². The minimum atomic E-state index is -3.78. The van der Waals surface area contributed by atoms with Gasteiger partial charge in [-0.1, -0.05) is 23.2 Å². The van der Waals surface area contributed by atoms with E-state index in [1.54, 1.807) is 6.07 Å². The number of carbonyl (C=O) groups is 1. The predicted octanol–water partition coefficient (Wildman–Crippen LogP) is 2.17. The third kappa shape index (κ3) is 4.17. The van der Waals surface area contributed by atoms with Gasteiger partial charge in [0, 0.05) is 44.3 Å². The summed E-state index contributed by atoms with van der Waals surface area (Å²) >= 11 is 12.0. The molecule has 2 saturated heterocycles. The molecule has 3 rings (SSSR count). The van der Waals surface area contributed by atoms with E-state index in [4.69, 9.17) is 23.2 Å². The van der Waals surface area contributed by atoms with Crippen molar-refractivity contribution in [3.05, 3.63) is 28.2 Å². The van der Waals surface area contributed by atoms with E-state index < -0.39 is 10.0 Å². The lowest BCUT2D eigenvalue weighted by atomic mass is 9.98. The highest BCUT2D eigenvalue weighted by Crippen LogP contribution is 2.31. The summed E-state index contributed by atoms with van der Waals surface area (Å²) in [4.78, 5) is 16.9. The Labute approximate surface area is 164 Å². The fraction of sp³-hybridized carbons (Fsp3) is 0.588. The van der Waals surface area contributed by atoms with Gasteiger partial charge in [-0.25, -0.2) is 8.42 Å². The van der Waals surface area contributed by atoms with Crippen LogP contribution in [0, 0.1) is 5.92 Å². The summed E-state index contributed by atoms with van der Waals surface area (Å²) in [7, 11) is -1.75. The van der Waals surface area contributed by atoms with Gasteiger partial charge >= 0.3 is 0 Å². The highest BCUT2D eigenvalue weighted by Gasteiger charge is 2.36. The molecule has 26 heavy (non-hydrogen) atoms. The summed E-state index contributed by atoms with van der Waals surface area (Å²) in [6, 6.07) is 4.40. The molecule has 2 heterocycles. The average Bonchev–Trinajstić information content (AvgIpc) is 2.64. The molecule has 0 aromatic heterocycles. The SMILES string of the molecule is CN1CCN(C(=O)[C@H]2CCCN(S(=O)(=O)c3cc(Cl)ccc3Cl)C2)CC1. The third-order valence-electron chi connectivity index (χ3n) is 5.06. The maximum atomic E-state index is 13.0. The van der Waals surface area contributed by atoms with Crippen LogP contribution in [0.3, 0.4) is 0 Å². The van der Waals surface area contributed by atoms with Gasteiger partial charge in [-0.2, -0.15) is 4.31 Å². The van der Waals surface area contributed by atoms with Crippen molar-refractivity contribution in [2.75, 3.05) is 46.3 Å². The van der Waals surface area contributed by atoms with Crippen LogP contribution in [-0.4, -0.2) is 74.7 Å². The van der Waals surface area contributed by atoms with Crippen molar-refractivity contribution in [1.29, 1.82) is 0 Å². The Kier molecular flexibility index (Phi) is 6.14. The molecule has 0 unspecified atom stereocenters. The molecule has 1 aromatic carbocycles.